The molecule has 2 amide bonds. The van der Waals surface area contributed by atoms with E-state index >= 15 is 0 Å². The molecule has 3 aromatic rings. The summed E-state index contributed by atoms with van der Waals surface area (Å²) in [6.07, 6.45) is 4.87. The molecule has 0 fully saturated rings. The molecule has 0 atom stereocenters. The summed E-state index contributed by atoms with van der Waals surface area (Å²) in [6, 6.07) is 15.6. The van der Waals surface area contributed by atoms with Crippen molar-refractivity contribution in [3.05, 3.63) is 60.3 Å². The number of aromatic nitrogens is 1. The Hall–Kier alpha value is -2.95. The lowest BCUT2D eigenvalue weighted by atomic mass is 10.1. The van der Waals surface area contributed by atoms with Gasteiger partial charge < -0.3 is 20.4 Å². The summed E-state index contributed by atoms with van der Waals surface area (Å²) in [4.78, 5) is 15.2. The van der Waals surface area contributed by atoms with Crippen LogP contribution in [0, 0.1) is 0 Å². The predicted octanol–water partition coefficient (Wildman–Crippen LogP) is 4.71. The van der Waals surface area contributed by atoms with Crippen molar-refractivity contribution in [2.24, 2.45) is 0 Å². The van der Waals surface area contributed by atoms with Gasteiger partial charge in [0.25, 0.3) is 0 Å². The van der Waals surface area contributed by atoms with Crippen LogP contribution in [-0.2, 0) is 6.42 Å². The second-order valence-electron chi connectivity index (χ2n) is 6.26. The molecule has 0 bridgehead atoms. The number of unbranched alkanes of at least 4 members (excludes halogenated alkanes) is 1. The van der Waals surface area contributed by atoms with Crippen molar-refractivity contribution in [3.8, 4) is 5.75 Å². The molecular weight excluding hydrogens is 326 g/mol. The minimum absolute atomic E-state index is 0.202. The Labute approximate surface area is 153 Å². The second-order valence-corrected chi connectivity index (χ2v) is 6.26. The fourth-order valence-electron chi connectivity index (χ4n) is 2.72. The van der Waals surface area contributed by atoms with Crippen LogP contribution in [0.25, 0.3) is 10.9 Å². The summed E-state index contributed by atoms with van der Waals surface area (Å²) >= 11 is 0. The number of nitrogens with one attached hydrogen (secondary N) is 3. The molecule has 0 saturated heterocycles. The standard InChI is InChI=1S/C21H25N3O2/c1-2-3-14-26-19-7-5-18(6-8-19)24-21(25)23-12-10-16-4-9-20-17(15-16)11-13-22-20/h4-9,11,13,15,22H,2-3,10,12,14H2,1H3,(H2,23,24,25). The highest BCUT2D eigenvalue weighted by molar-refractivity contribution is 5.89. The average Bonchev–Trinajstić information content (AvgIpc) is 3.11. The average molecular weight is 351 g/mol. The van der Waals surface area contributed by atoms with E-state index in [4.69, 9.17) is 4.74 Å². The molecule has 3 N–H and O–H groups in total. The van der Waals surface area contributed by atoms with Gasteiger partial charge in [-0.1, -0.05) is 19.4 Å². The third-order valence-electron chi connectivity index (χ3n) is 4.20. The highest BCUT2D eigenvalue weighted by atomic mass is 16.5. The molecule has 0 spiro atoms. The van der Waals surface area contributed by atoms with Crippen molar-refractivity contribution in [2.45, 2.75) is 26.2 Å². The molecule has 0 saturated carbocycles. The maximum absolute atomic E-state index is 12.0. The Bertz CT molecular complexity index is 840. The lowest BCUT2D eigenvalue weighted by molar-refractivity contribution is 0.252. The fourth-order valence-corrected chi connectivity index (χ4v) is 2.72. The van der Waals surface area contributed by atoms with Crippen LogP contribution in [-0.4, -0.2) is 24.2 Å². The molecule has 0 aliphatic heterocycles. The van der Waals surface area contributed by atoms with Crippen molar-refractivity contribution in [2.75, 3.05) is 18.5 Å². The van der Waals surface area contributed by atoms with Crippen molar-refractivity contribution in [3.63, 3.8) is 0 Å². The van der Waals surface area contributed by atoms with Crippen LogP contribution in [0.4, 0.5) is 10.5 Å². The zero-order valence-corrected chi connectivity index (χ0v) is 15.0. The molecule has 136 valence electrons. The third kappa shape index (κ3) is 5.02. The number of hydrogen-bond acceptors (Lipinski definition) is 2. The normalized spacial score (nSPS) is 10.7. The van der Waals surface area contributed by atoms with Gasteiger partial charge in [0.1, 0.15) is 5.75 Å². The van der Waals surface area contributed by atoms with E-state index in [-0.39, 0.29) is 6.03 Å². The predicted molar refractivity (Wildman–Crippen MR) is 106 cm³/mol. The molecule has 5 heteroatoms. The van der Waals surface area contributed by atoms with E-state index in [1.165, 1.54) is 10.9 Å². The summed E-state index contributed by atoms with van der Waals surface area (Å²) in [5.41, 5.74) is 3.08. The Balaban J connectivity index is 1.42. The van der Waals surface area contributed by atoms with E-state index in [9.17, 15) is 4.79 Å². The van der Waals surface area contributed by atoms with Gasteiger partial charge in [-0.05, 0) is 66.3 Å². The van der Waals surface area contributed by atoms with E-state index in [1.54, 1.807) is 0 Å². The third-order valence-corrected chi connectivity index (χ3v) is 4.20. The van der Waals surface area contributed by atoms with E-state index in [2.05, 4.69) is 46.8 Å². The topological polar surface area (TPSA) is 66.2 Å². The zero-order valence-electron chi connectivity index (χ0n) is 15.0. The molecule has 0 aliphatic carbocycles. The number of ether oxygens (including phenoxy) is 1. The molecule has 0 radical (unpaired) electrons. The van der Waals surface area contributed by atoms with Gasteiger partial charge in [0.15, 0.2) is 0 Å². The molecule has 0 unspecified atom stereocenters. The summed E-state index contributed by atoms with van der Waals surface area (Å²) in [6.45, 7) is 3.44. The Morgan fingerprint density at radius 3 is 2.77 bits per heavy atom. The number of anilines is 1. The van der Waals surface area contributed by atoms with Crippen LogP contribution in [0.5, 0.6) is 5.75 Å². The van der Waals surface area contributed by atoms with Crippen LogP contribution in [0.15, 0.2) is 54.7 Å². The molecule has 5 nitrogen and oxygen atoms in total. The van der Waals surface area contributed by atoms with Crippen molar-refractivity contribution in [1.29, 1.82) is 0 Å². The number of hydrogen-bond donors (Lipinski definition) is 3. The second kappa shape index (κ2) is 8.94. The fraction of sp³-hybridized carbons (Fsp3) is 0.286. The van der Waals surface area contributed by atoms with Gasteiger partial charge >= 0.3 is 6.03 Å². The van der Waals surface area contributed by atoms with Crippen LogP contribution >= 0.6 is 0 Å². The lowest BCUT2D eigenvalue weighted by Gasteiger charge is -2.09. The highest BCUT2D eigenvalue weighted by Gasteiger charge is 2.03. The Kier molecular flexibility index (Phi) is 6.14. The molecule has 1 heterocycles. The van der Waals surface area contributed by atoms with Gasteiger partial charge in [-0.3, -0.25) is 0 Å². The number of carbonyl (C=O) groups is 1. The number of aromatic amines is 1. The highest BCUT2D eigenvalue weighted by Crippen LogP contribution is 2.16. The van der Waals surface area contributed by atoms with Gasteiger partial charge in [0, 0.05) is 23.9 Å². The summed E-state index contributed by atoms with van der Waals surface area (Å²) in [5, 5.41) is 6.91. The van der Waals surface area contributed by atoms with Crippen LogP contribution in [0.3, 0.4) is 0 Å². The number of amides is 2. The first-order valence-corrected chi connectivity index (χ1v) is 9.08. The largest absolute Gasteiger partial charge is 0.494 e. The van der Waals surface area contributed by atoms with Crippen molar-refractivity contribution < 1.29 is 9.53 Å². The maximum atomic E-state index is 12.0. The lowest BCUT2D eigenvalue weighted by Crippen LogP contribution is -2.30. The summed E-state index contributed by atoms with van der Waals surface area (Å²) in [5.74, 6) is 0.824. The zero-order chi connectivity index (χ0) is 18.2. The molecule has 1 aromatic heterocycles. The van der Waals surface area contributed by atoms with E-state index in [1.807, 2.05) is 30.5 Å². The summed E-state index contributed by atoms with van der Waals surface area (Å²) < 4.78 is 5.61. The first-order chi connectivity index (χ1) is 12.7. The SMILES string of the molecule is CCCCOc1ccc(NC(=O)NCCc2ccc3[nH]ccc3c2)cc1. The number of carbonyl (C=O) groups excluding carboxylic acids is 1. The van der Waals surface area contributed by atoms with Gasteiger partial charge in [-0.15, -0.1) is 0 Å². The molecular formula is C21H25N3O2. The number of urea groups is 1. The Morgan fingerprint density at radius 2 is 1.96 bits per heavy atom. The number of H-pyrrole nitrogens is 1. The van der Waals surface area contributed by atoms with Crippen molar-refractivity contribution in [1.82, 2.24) is 10.3 Å². The van der Waals surface area contributed by atoms with Gasteiger partial charge in [0.05, 0.1) is 6.61 Å². The van der Waals surface area contributed by atoms with E-state index < -0.39 is 0 Å². The maximum Gasteiger partial charge on any atom is 0.319 e. The molecule has 26 heavy (non-hydrogen) atoms. The van der Waals surface area contributed by atoms with Gasteiger partial charge in [0.2, 0.25) is 0 Å². The monoisotopic (exact) mass is 351 g/mol. The van der Waals surface area contributed by atoms with E-state index in [0.717, 1.165) is 42.8 Å². The molecule has 0 aliphatic rings. The quantitative estimate of drug-likeness (QED) is 0.515. The van der Waals surface area contributed by atoms with Crippen LogP contribution in [0.1, 0.15) is 25.3 Å². The van der Waals surface area contributed by atoms with Gasteiger partial charge in [-0.2, -0.15) is 0 Å². The molecule has 2 aromatic carbocycles. The molecule has 3 rings (SSSR count). The summed E-state index contributed by atoms with van der Waals surface area (Å²) in [7, 11) is 0. The minimum Gasteiger partial charge on any atom is -0.494 e. The number of rotatable bonds is 8. The first-order valence-electron chi connectivity index (χ1n) is 9.08. The minimum atomic E-state index is -0.202. The number of benzene rings is 2. The smallest absolute Gasteiger partial charge is 0.319 e. The van der Waals surface area contributed by atoms with Crippen molar-refractivity contribution >= 4 is 22.6 Å². The van der Waals surface area contributed by atoms with Gasteiger partial charge in [-0.25, -0.2) is 4.79 Å². The Morgan fingerprint density at radius 1 is 1.12 bits per heavy atom. The van der Waals surface area contributed by atoms with Crippen LogP contribution < -0.4 is 15.4 Å². The first kappa shape index (κ1) is 17.9. The van der Waals surface area contributed by atoms with Crippen LogP contribution in [0.2, 0.25) is 0 Å². The number of fused-ring (bicyclic) bond motifs is 1. The van der Waals surface area contributed by atoms with E-state index in [0.29, 0.717) is 6.54 Å².